The second-order valence-corrected chi connectivity index (χ2v) is 7.48. The van der Waals surface area contributed by atoms with E-state index in [1.165, 1.54) is 23.5 Å². The molecule has 0 radical (unpaired) electrons. The summed E-state index contributed by atoms with van der Waals surface area (Å²) >= 11 is 1.53. The van der Waals surface area contributed by atoms with Gasteiger partial charge in [-0.15, -0.1) is 0 Å². The summed E-state index contributed by atoms with van der Waals surface area (Å²) in [7, 11) is 1.60. The van der Waals surface area contributed by atoms with E-state index < -0.39 is 11.7 Å². The van der Waals surface area contributed by atoms with E-state index in [0.717, 1.165) is 27.5 Å². The zero-order valence-corrected chi connectivity index (χ0v) is 15.6. The Bertz CT molecular complexity index is 1010. The summed E-state index contributed by atoms with van der Waals surface area (Å²) in [6.07, 6.45) is -4.39. The van der Waals surface area contributed by atoms with Gasteiger partial charge in [0, 0.05) is 18.8 Å². The number of anilines is 2. The Kier molecular flexibility index (Phi) is 4.62. The van der Waals surface area contributed by atoms with Crippen LogP contribution in [-0.4, -0.2) is 31.1 Å². The van der Waals surface area contributed by atoms with Gasteiger partial charge >= 0.3 is 6.18 Å². The molecule has 2 aromatic carbocycles. The molecule has 0 aliphatic carbocycles. The smallest absolute Gasteiger partial charge is 0.416 e. The molecule has 0 unspecified atom stereocenters. The van der Waals surface area contributed by atoms with E-state index in [-0.39, 0.29) is 11.8 Å². The number of halogens is 3. The van der Waals surface area contributed by atoms with Gasteiger partial charge < -0.3 is 15.0 Å². The number of para-hydroxylation sites is 1. The fourth-order valence-corrected chi connectivity index (χ4v) is 4.00. The first kappa shape index (κ1) is 18.5. The Morgan fingerprint density at radius 3 is 2.57 bits per heavy atom. The van der Waals surface area contributed by atoms with E-state index in [1.54, 1.807) is 7.11 Å². The van der Waals surface area contributed by atoms with Gasteiger partial charge in [0.2, 0.25) is 5.91 Å². The van der Waals surface area contributed by atoms with Crippen molar-refractivity contribution >= 4 is 38.3 Å². The number of alkyl halides is 3. The van der Waals surface area contributed by atoms with Crippen molar-refractivity contribution in [3.8, 4) is 5.75 Å². The van der Waals surface area contributed by atoms with Gasteiger partial charge in [0.1, 0.15) is 11.3 Å². The lowest BCUT2D eigenvalue weighted by molar-refractivity contribution is -0.137. The molecule has 1 aliphatic heterocycles. The zero-order valence-electron chi connectivity index (χ0n) is 14.8. The van der Waals surface area contributed by atoms with Crippen molar-refractivity contribution in [3.63, 3.8) is 0 Å². The van der Waals surface area contributed by atoms with Crippen LogP contribution in [-0.2, 0) is 11.0 Å². The Balaban J connectivity index is 1.38. The van der Waals surface area contributed by atoms with Gasteiger partial charge in [-0.2, -0.15) is 13.2 Å². The van der Waals surface area contributed by atoms with E-state index in [1.807, 2.05) is 23.1 Å². The fraction of sp³-hybridized carbons (Fsp3) is 0.263. The van der Waals surface area contributed by atoms with Crippen LogP contribution in [0.25, 0.3) is 10.2 Å². The van der Waals surface area contributed by atoms with Gasteiger partial charge in [-0.25, -0.2) is 4.98 Å². The zero-order chi connectivity index (χ0) is 19.9. The number of nitrogens with one attached hydrogen (secondary N) is 1. The van der Waals surface area contributed by atoms with Gasteiger partial charge in [-0.05, 0) is 36.4 Å². The van der Waals surface area contributed by atoms with Crippen molar-refractivity contribution in [1.29, 1.82) is 0 Å². The molecule has 1 aliphatic rings. The van der Waals surface area contributed by atoms with Gasteiger partial charge in [0.15, 0.2) is 5.13 Å². The second kappa shape index (κ2) is 6.97. The Morgan fingerprint density at radius 1 is 1.21 bits per heavy atom. The molecule has 0 bridgehead atoms. The predicted octanol–water partition coefficient (Wildman–Crippen LogP) is 4.40. The minimum atomic E-state index is -4.39. The topological polar surface area (TPSA) is 54.5 Å². The first-order valence-corrected chi connectivity index (χ1v) is 9.33. The number of nitrogens with zero attached hydrogens (tertiary/aromatic N) is 2. The van der Waals surface area contributed by atoms with Crippen LogP contribution >= 0.6 is 11.3 Å². The summed E-state index contributed by atoms with van der Waals surface area (Å²) < 4.78 is 44.1. The van der Waals surface area contributed by atoms with Crippen LogP contribution in [0.2, 0.25) is 0 Å². The van der Waals surface area contributed by atoms with Gasteiger partial charge in [-0.3, -0.25) is 4.79 Å². The Hall–Kier alpha value is -2.81. The van der Waals surface area contributed by atoms with Gasteiger partial charge in [0.05, 0.1) is 23.3 Å². The van der Waals surface area contributed by atoms with Crippen LogP contribution in [0.3, 0.4) is 0 Å². The summed E-state index contributed by atoms with van der Waals surface area (Å²) in [5.74, 6) is 0.253. The third kappa shape index (κ3) is 3.49. The average molecular weight is 407 g/mol. The summed E-state index contributed by atoms with van der Waals surface area (Å²) in [6.45, 7) is 1.02. The summed E-state index contributed by atoms with van der Waals surface area (Å²) in [5, 5.41) is 3.49. The number of carbonyl (C=O) groups is 1. The SMILES string of the molecule is COc1cccc2sc(N3CC(C(=O)Nc4ccc(C(F)(F)F)cc4)C3)nc12. The number of rotatable bonds is 4. The number of amides is 1. The van der Waals surface area contributed by atoms with Crippen LogP contribution in [0.5, 0.6) is 5.75 Å². The quantitative estimate of drug-likeness (QED) is 0.697. The molecule has 2 heterocycles. The molecule has 146 valence electrons. The molecule has 1 saturated heterocycles. The van der Waals surface area contributed by atoms with Crippen LogP contribution in [0.4, 0.5) is 24.0 Å². The van der Waals surface area contributed by atoms with E-state index in [4.69, 9.17) is 4.74 Å². The van der Waals surface area contributed by atoms with Gasteiger partial charge in [-0.1, -0.05) is 17.4 Å². The molecule has 1 fully saturated rings. The van der Waals surface area contributed by atoms with Crippen molar-refractivity contribution in [3.05, 3.63) is 48.0 Å². The minimum Gasteiger partial charge on any atom is -0.494 e. The molecule has 1 amide bonds. The molecule has 0 spiro atoms. The highest BCUT2D eigenvalue weighted by atomic mass is 32.1. The number of aromatic nitrogens is 1. The largest absolute Gasteiger partial charge is 0.494 e. The summed E-state index contributed by atoms with van der Waals surface area (Å²) in [5.41, 5.74) is 0.399. The van der Waals surface area contributed by atoms with Gasteiger partial charge in [0.25, 0.3) is 0 Å². The van der Waals surface area contributed by atoms with Crippen molar-refractivity contribution in [2.45, 2.75) is 6.18 Å². The van der Waals surface area contributed by atoms with Crippen LogP contribution in [0, 0.1) is 5.92 Å². The predicted molar refractivity (Wildman–Crippen MR) is 102 cm³/mol. The van der Waals surface area contributed by atoms with Crippen molar-refractivity contribution in [2.75, 3.05) is 30.4 Å². The molecule has 3 aromatic rings. The Labute approximate surface area is 162 Å². The van der Waals surface area contributed by atoms with Crippen molar-refractivity contribution in [2.24, 2.45) is 5.92 Å². The number of thiazole rings is 1. The normalized spacial score (nSPS) is 14.8. The fourth-order valence-electron chi connectivity index (χ4n) is 3.00. The van der Waals surface area contributed by atoms with E-state index in [2.05, 4.69) is 10.3 Å². The van der Waals surface area contributed by atoms with Crippen LogP contribution < -0.4 is 15.0 Å². The standard InChI is InChI=1S/C19H16F3N3O2S/c1-27-14-3-2-4-15-16(14)24-18(28-15)25-9-11(10-25)17(26)23-13-7-5-12(6-8-13)19(20,21)22/h2-8,11H,9-10H2,1H3,(H,23,26). The highest BCUT2D eigenvalue weighted by molar-refractivity contribution is 7.22. The van der Waals surface area contributed by atoms with E-state index in [0.29, 0.717) is 24.5 Å². The molecule has 5 nitrogen and oxygen atoms in total. The Morgan fingerprint density at radius 2 is 1.93 bits per heavy atom. The molecule has 28 heavy (non-hydrogen) atoms. The third-order valence-corrected chi connectivity index (χ3v) is 5.67. The number of carbonyl (C=O) groups excluding carboxylic acids is 1. The minimum absolute atomic E-state index is 0.213. The number of benzene rings is 2. The maximum absolute atomic E-state index is 12.6. The number of ether oxygens (including phenoxy) is 1. The van der Waals surface area contributed by atoms with Crippen molar-refractivity contribution in [1.82, 2.24) is 4.98 Å². The maximum atomic E-state index is 12.6. The molecule has 0 atom stereocenters. The average Bonchev–Trinajstić information content (AvgIpc) is 3.03. The monoisotopic (exact) mass is 407 g/mol. The number of hydrogen-bond acceptors (Lipinski definition) is 5. The number of methoxy groups -OCH3 is 1. The molecular formula is C19H16F3N3O2S. The maximum Gasteiger partial charge on any atom is 0.416 e. The highest BCUT2D eigenvalue weighted by Crippen LogP contribution is 2.37. The first-order chi connectivity index (χ1) is 13.3. The molecular weight excluding hydrogens is 391 g/mol. The molecule has 1 N–H and O–H groups in total. The summed E-state index contributed by atoms with van der Waals surface area (Å²) in [4.78, 5) is 18.9. The number of hydrogen-bond donors (Lipinski definition) is 1. The molecule has 4 rings (SSSR count). The lowest BCUT2D eigenvalue weighted by Crippen LogP contribution is -2.52. The second-order valence-electron chi connectivity index (χ2n) is 6.47. The lowest BCUT2D eigenvalue weighted by atomic mass is 10.00. The van der Waals surface area contributed by atoms with Crippen LogP contribution in [0.1, 0.15) is 5.56 Å². The van der Waals surface area contributed by atoms with E-state index >= 15 is 0 Å². The van der Waals surface area contributed by atoms with Crippen LogP contribution in [0.15, 0.2) is 42.5 Å². The molecule has 0 saturated carbocycles. The molecule has 9 heteroatoms. The van der Waals surface area contributed by atoms with E-state index in [9.17, 15) is 18.0 Å². The summed E-state index contributed by atoms with van der Waals surface area (Å²) in [6, 6.07) is 10.2. The third-order valence-electron chi connectivity index (χ3n) is 4.59. The number of fused-ring (bicyclic) bond motifs is 1. The molecule has 1 aromatic heterocycles. The highest BCUT2D eigenvalue weighted by Gasteiger charge is 2.35. The lowest BCUT2D eigenvalue weighted by Gasteiger charge is -2.37. The first-order valence-electron chi connectivity index (χ1n) is 8.52. The van der Waals surface area contributed by atoms with Crippen molar-refractivity contribution < 1.29 is 22.7 Å².